The molecule has 0 spiro atoms. The third-order valence-corrected chi connectivity index (χ3v) is 9.95. The Hall–Kier alpha value is -1.31. The van der Waals surface area contributed by atoms with Crippen molar-refractivity contribution < 1.29 is 9.53 Å². The van der Waals surface area contributed by atoms with Gasteiger partial charge in [-0.25, -0.2) is 0 Å². The summed E-state index contributed by atoms with van der Waals surface area (Å²) < 4.78 is 5.30. The number of unbranched alkanes of at least 4 members (excludes halogenated alkanes) is 32. The molecule has 0 amide bonds. The lowest BCUT2D eigenvalue weighted by Crippen LogP contribution is -2.30. The minimum Gasteiger partial charge on any atom is -0.429 e. The zero-order chi connectivity index (χ0) is 33.0. The van der Waals surface area contributed by atoms with Crippen molar-refractivity contribution in [3.8, 4) is 0 Å². The van der Waals surface area contributed by atoms with Crippen molar-refractivity contribution in [1.29, 1.82) is 0 Å². The molecule has 1 heterocycles. The molecule has 0 aromatic rings. The second-order valence-electron chi connectivity index (χ2n) is 14.5. The van der Waals surface area contributed by atoms with Gasteiger partial charge in [0.1, 0.15) is 11.7 Å². The van der Waals surface area contributed by atoms with Crippen LogP contribution in [0, 0.1) is 5.92 Å². The van der Waals surface area contributed by atoms with Gasteiger partial charge in [0.15, 0.2) is 0 Å². The zero-order valence-electron chi connectivity index (χ0n) is 31.3. The quantitative estimate of drug-likeness (QED) is 0.0387. The summed E-state index contributed by atoms with van der Waals surface area (Å²) in [5.41, 5.74) is 0. The van der Waals surface area contributed by atoms with Gasteiger partial charge >= 0.3 is 5.97 Å². The van der Waals surface area contributed by atoms with Crippen LogP contribution in [-0.4, -0.2) is 5.97 Å². The summed E-state index contributed by atoms with van der Waals surface area (Å²) in [5, 5.41) is 0. The van der Waals surface area contributed by atoms with Crippen molar-refractivity contribution in [2.75, 3.05) is 0 Å². The molecule has 0 saturated carbocycles. The van der Waals surface area contributed by atoms with E-state index in [0.717, 1.165) is 18.6 Å². The second-order valence-corrected chi connectivity index (χ2v) is 14.5. The fourth-order valence-electron chi connectivity index (χ4n) is 6.72. The standard InChI is InChI=1S/C44H80O2/c1-3-5-7-9-11-13-15-17-19-21-23-25-27-29-31-33-35-37-39-41-43-42(44(45)46-43)40-38-36-34-32-30-28-26-24-22-20-18-16-14-12-10-8-6-4-2/h37-42H,3-36H2,1-2H3. The maximum atomic E-state index is 11.9. The Kier molecular flexibility index (Phi) is 32.5. The largest absolute Gasteiger partial charge is 0.429 e. The number of hydrogen-bond acceptors (Lipinski definition) is 2. The van der Waals surface area contributed by atoms with Crippen LogP contribution >= 0.6 is 0 Å². The van der Waals surface area contributed by atoms with Gasteiger partial charge in [-0.1, -0.05) is 231 Å². The van der Waals surface area contributed by atoms with Crippen molar-refractivity contribution in [3.63, 3.8) is 0 Å². The lowest BCUT2D eigenvalue weighted by atomic mass is 10.00. The van der Waals surface area contributed by atoms with Gasteiger partial charge in [0.2, 0.25) is 0 Å². The van der Waals surface area contributed by atoms with Crippen LogP contribution in [-0.2, 0) is 9.53 Å². The number of carbonyl (C=O) groups is 1. The molecule has 2 nitrogen and oxygen atoms in total. The molecule has 46 heavy (non-hydrogen) atoms. The van der Waals surface area contributed by atoms with Crippen LogP contribution in [0.1, 0.15) is 232 Å². The van der Waals surface area contributed by atoms with E-state index in [4.69, 9.17) is 4.74 Å². The number of esters is 1. The highest BCUT2D eigenvalue weighted by molar-refractivity contribution is 5.85. The first kappa shape index (κ1) is 42.7. The summed E-state index contributed by atoms with van der Waals surface area (Å²) >= 11 is 0. The SMILES string of the molecule is CCCCCCCCCCCCCCCCCCC=CC=C1OC(=O)C1C=CCCCCCCCCCCCCCCCCCC. The highest BCUT2D eigenvalue weighted by atomic mass is 16.6. The molecular weight excluding hydrogens is 560 g/mol. The summed E-state index contributed by atoms with van der Waals surface area (Å²) in [7, 11) is 0. The van der Waals surface area contributed by atoms with Crippen molar-refractivity contribution in [2.24, 2.45) is 5.92 Å². The van der Waals surface area contributed by atoms with Crippen LogP contribution in [0.15, 0.2) is 36.1 Å². The number of hydrogen-bond donors (Lipinski definition) is 0. The molecule has 1 saturated heterocycles. The number of cyclic esters (lactones) is 1. The highest BCUT2D eigenvalue weighted by Crippen LogP contribution is 2.28. The van der Waals surface area contributed by atoms with E-state index in [-0.39, 0.29) is 11.9 Å². The van der Waals surface area contributed by atoms with Gasteiger partial charge in [-0.3, -0.25) is 4.79 Å². The van der Waals surface area contributed by atoms with E-state index in [1.165, 1.54) is 205 Å². The Bertz CT molecular complexity index is 732. The van der Waals surface area contributed by atoms with E-state index in [1.807, 2.05) is 6.08 Å². The van der Waals surface area contributed by atoms with Gasteiger partial charge in [0.05, 0.1) is 0 Å². The first-order valence-electron chi connectivity index (χ1n) is 21.0. The maximum absolute atomic E-state index is 11.9. The van der Waals surface area contributed by atoms with Gasteiger partial charge in [-0.15, -0.1) is 0 Å². The molecule has 0 bridgehead atoms. The normalized spacial score (nSPS) is 15.8. The van der Waals surface area contributed by atoms with Gasteiger partial charge in [0.25, 0.3) is 0 Å². The molecule has 2 heteroatoms. The van der Waals surface area contributed by atoms with E-state index in [0.29, 0.717) is 0 Å². The van der Waals surface area contributed by atoms with Gasteiger partial charge in [-0.05, 0) is 31.8 Å². The van der Waals surface area contributed by atoms with Crippen LogP contribution in [0.3, 0.4) is 0 Å². The maximum Gasteiger partial charge on any atom is 0.325 e. The van der Waals surface area contributed by atoms with E-state index in [1.54, 1.807) is 0 Å². The minimum atomic E-state index is -0.152. The monoisotopic (exact) mass is 641 g/mol. The molecule has 268 valence electrons. The van der Waals surface area contributed by atoms with Crippen LogP contribution in [0.5, 0.6) is 0 Å². The average molecular weight is 641 g/mol. The predicted octanol–water partition coefficient (Wildman–Crippen LogP) is 15.5. The number of rotatable bonds is 36. The molecule has 1 atom stereocenters. The van der Waals surface area contributed by atoms with Gasteiger partial charge < -0.3 is 4.74 Å². The Morgan fingerprint density at radius 3 is 1.07 bits per heavy atom. The third-order valence-electron chi connectivity index (χ3n) is 9.95. The summed E-state index contributed by atoms with van der Waals surface area (Å²) in [5.74, 6) is 0.568. The van der Waals surface area contributed by atoms with Crippen molar-refractivity contribution in [3.05, 3.63) is 36.1 Å². The van der Waals surface area contributed by atoms with E-state index in [2.05, 4.69) is 38.2 Å². The third kappa shape index (κ3) is 27.8. The molecule has 1 fully saturated rings. The first-order valence-corrected chi connectivity index (χ1v) is 21.0. The molecule has 0 N–H and O–H groups in total. The molecule has 0 radical (unpaired) electrons. The summed E-state index contributed by atoms with van der Waals surface area (Å²) in [6.45, 7) is 4.59. The Morgan fingerprint density at radius 2 is 0.739 bits per heavy atom. The van der Waals surface area contributed by atoms with Crippen molar-refractivity contribution in [2.45, 2.75) is 232 Å². The van der Waals surface area contributed by atoms with Crippen LogP contribution < -0.4 is 0 Å². The molecule has 1 rings (SSSR count). The molecule has 1 aliphatic heterocycles. The zero-order valence-corrected chi connectivity index (χ0v) is 31.3. The Morgan fingerprint density at radius 1 is 0.435 bits per heavy atom. The Labute approximate surface area is 289 Å². The smallest absolute Gasteiger partial charge is 0.325 e. The van der Waals surface area contributed by atoms with Gasteiger partial charge in [-0.2, -0.15) is 0 Å². The lowest BCUT2D eigenvalue weighted by Gasteiger charge is -2.24. The number of allylic oxidation sites excluding steroid dienone is 4. The van der Waals surface area contributed by atoms with E-state index < -0.39 is 0 Å². The van der Waals surface area contributed by atoms with Gasteiger partial charge in [0, 0.05) is 0 Å². The van der Waals surface area contributed by atoms with Crippen molar-refractivity contribution >= 4 is 5.97 Å². The minimum absolute atomic E-state index is 0.0966. The lowest BCUT2D eigenvalue weighted by molar-refractivity contribution is -0.154. The first-order chi connectivity index (χ1) is 22.8. The molecule has 0 aromatic carbocycles. The average Bonchev–Trinajstić information content (AvgIpc) is 3.06. The highest BCUT2D eigenvalue weighted by Gasteiger charge is 2.34. The van der Waals surface area contributed by atoms with Crippen LogP contribution in [0.25, 0.3) is 0 Å². The van der Waals surface area contributed by atoms with Crippen LogP contribution in [0.2, 0.25) is 0 Å². The molecule has 0 aliphatic carbocycles. The number of ether oxygens (including phenoxy) is 1. The van der Waals surface area contributed by atoms with Crippen molar-refractivity contribution in [1.82, 2.24) is 0 Å². The topological polar surface area (TPSA) is 26.3 Å². The molecule has 1 unspecified atom stereocenters. The summed E-state index contributed by atoms with van der Waals surface area (Å²) in [6.07, 6.45) is 57.8. The summed E-state index contributed by atoms with van der Waals surface area (Å²) in [4.78, 5) is 11.9. The fraction of sp³-hybridized carbons (Fsp3) is 0.841. The Balaban J connectivity index is 1.87. The fourth-order valence-corrected chi connectivity index (χ4v) is 6.72. The number of carbonyl (C=O) groups excluding carboxylic acids is 1. The van der Waals surface area contributed by atoms with E-state index in [9.17, 15) is 4.79 Å². The second kappa shape index (κ2) is 35.0. The van der Waals surface area contributed by atoms with Crippen LogP contribution in [0.4, 0.5) is 0 Å². The molecular formula is C44H80O2. The summed E-state index contributed by atoms with van der Waals surface area (Å²) in [6, 6.07) is 0. The molecule has 0 aromatic heterocycles. The molecule has 1 aliphatic rings. The van der Waals surface area contributed by atoms with E-state index >= 15 is 0 Å². The predicted molar refractivity (Wildman–Crippen MR) is 204 cm³/mol.